The summed E-state index contributed by atoms with van der Waals surface area (Å²) < 4.78 is 54.6. The Bertz CT molecular complexity index is 869. The molecule has 1 amide bonds. The van der Waals surface area contributed by atoms with Crippen LogP contribution in [0.2, 0.25) is 0 Å². The van der Waals surface area contributed by atoms with Gasteiger partial charge >= 0.3 is 6.36 Å². The molecule has 0 saturated carbocycles. The highest BCUT2D eigenvalue weighted by molar-refractivity contribution is 5.94. The molecule has 0 aliphatic heterocycles. The van der Waals surface area contributed by atoms with Crippen molar-refractivity contribution in [3.8, 4) is 5.75 Å². The van der Waals surface area contributed by atoms with Crippen LogP contribution in [-0.4, -0.2) is 31.3 Å². The van der Waals surface area contributed by atoms with Gasteiger partial charge < -0.3 is 21.1 Å². The molecule has 0 aromatic heterocycles. The Morgan fingerprint density at radius 3 is 2.61 bits per heavy atom. The summed E-state index contributed by atoms with van der Waals surface area (Å²) in [4.78, 5) is 15.8. The zero-order chi connectivity index (χ0) is 20.7. The molecule has 10 heteroatoms. The number of anilines is 1. The van der Waals surface area contributed by atoms with E-state index < -0.39 is 23.8 Å². The van der Waals surface area contributed by atoms with E-state index in [1.54, 1.807) is 6.92 Å². The van der Waals surface area contributed by atoms with E-state index in [1.165, 1.54) is 30.3 Å². The summed E-state index contributed by atoms with van der Waals surface area (Å²) in [6.07, 6.45) is -4.84. The fourth-order valence-corrected chi connectivity index (χ4v) is 2.14. The number of halogens is 4. The summed E-state index contributed by atoms with van der Waals surface area (Å²) in [5.41, 5.74) is 6.22. The van der Waals surface area contributed by atoms with Crippen molar-refractivity contribution in [1.29, 1.82) is 0 Å². The van der Waals surface area contributed by atoms with E-state index in [4.69, 9.17) is 5.73 Å². The Labute approximate surface area is 158 Å². The average Bonchev–Trinajstić information content (AvgIpc) is 2.61. The van der Waals surface area contributed by atoms with Gasteiger partial charge in [0.1, 0.15) is 5.82 Å². The van der Waals surface area contributed by atoms with Crippen LogP contribution in [0.25, 0.3) is 0 Å². The number of amides is 1. The van der Waals surface area contributed by atoms with Gasteiger partial charge in [0.25, 0.3) is 5.91 Å². The number of hydrogen-bond donors (Lipinski definition) is 3. The molecule has 0 aliphatic carbocycles. The van der Waals surface area contributed by atoms with Crippen LogP contribution in [0.5, 0.6) is 5.75 Å². The first-order valence-electron chi connectivity index (χ1n) is 8.12. The highest BCUT2D eigenvalue weighted by Gasteiger charge is 2.32. The van der Waals surface area contributed by atoms with Gasteiger partial charge in [0.2, 0.25) is 0 Å². The van der Waals surface area contributed by atoms with Crippen LogP contribution >= 0.6 is 0 Å². The van der Waals surface area contributed by atoms with Gasteiger partial charge in [0, 0.05) is 12.1 Å². The second-order valence-electron chi connectivity index (χ2n) is 5.66. The summed E-state index contributed by atoms with van der Waals surface area (Å²) in [7, 11) is 0. The van der Waals surface area contributed by atoms with Gasteiger partial charge in [-0.25, -0.2) is 4.39 Å². The smallest absolute Gasteiger partial charge is 0.404 e. The minimum Gasteiger partial charge on any atom is -0.404 e. The molecular formula is C18H18F4N4O2. The predicted octanol–water partition coefficient (Wildman–Crippen LogP) is 3.19. The second kappa shape index (κ2) is 9.07. The number of para-hydroxylation sites is 2. The summed E-state index contributed by atoms with van der Waals surface area (Å²) in [6.45, 7) is 1.73. The van der Waals surface area contributed by atoms with Crippen LogP contribution < -0.4 is 21.1 Å². The number of carbonyl (C=O) groups excluding carboxylic acids is 1. The highest BCUT2D eigenvalue weighted by atomic mass is 19.4. The van der Waals surface area contributed by atoms with E-state index in [-0.39, 0.29) is 30.3 Å². The molecule has 0 saturated heterocycles. The summed E-state index contributed by atoms with van der Waals surface area (Å²) in [6, 6.07) is 9.46. The molecule has 0 bridgehead atoms. The second-order valence-corrected chi connectivity index (χ2v) is 5.66. The first-order chi connectivity index (χ1) is 13.2. The zero-order valence-corrected chi connectivity index (χ0v) is 14.8. The largest absolute Gasteiger partial charge is 0.573 e. The lowest BCUT2D eigenvalue weighted by atomic mass is 10.1. The zero-order valence-electron chi connectivity index (χ0n) is 14.8. The molecule has 2 aromatic rings. The molecule has 2 aromatic carbocycles. The normalized spacial score (nSPS) is 11.8. The van der Waals surface area contributed by atoms with Gasteiger partial charge in [-0.05, 0) is 36.8 Å². The monoisotopic (exact) mass is 398 g/mol. The molecule has 0 spiro atoms. The van der Waals surface area contributed by atoms with Crippen LogP contribution in [0.1, 0.15) is 15.9 Å². The third-order valence-corrected chi connectivity index (χ3v) is 3.49. The van der Waals surface area contributed by atoms with E-state index in [0.717, 1.165) is 12.1 Å². The SMILES string of the molecule is Cc1ccc(C(=O)NCCN=C(N)Nc2ccccc2OC(F)(F)F)cc1F. The predicted molar refractivity (Wildman–Crippen MR) is 96.7 cm³/mol. The maximum absolute atomic E-state index is 13.5. The van der Waals surface area contributed by atoms with Crippen molar-refractivity contribution in [2.45, 2.75) is 13.3 Å². The standard InChI is InChI=1S/C18H18F4N4O2/c1-11-6-7-12(10-13(11)19)16(27)24-8-9-25-17(23)26-14-4-2-3-5-15(14)28-18(20,21)22/h2-7,10H,8-9H2,1H3,(H,24,27)(H3,23,25,26). The number of aliphatic imine (C=N–C) groups is 1. The Kier molecular flexibility index (Phi) is 6.80. The summed E-state index contributed by atoms with van der Waals surface area (Å²) in [5, 5.41) is 5.04. The van der Waals surface area contributed by atoms with Crippen LogP contribution in [0.3, 0.4) is 0 Å². The Hall–Kier alpha value is -3.30. The van der Waals surface area contributed by atoms with Crippen molar-refractivity contribution < 1.29 is 27.1 Å². The molecule has 0 heterocycles. The number of ether oxygens (including phenoxy) is 1. The first kappa shape index (κ1) is 21.0. The first-order valence-corrected chi connectivity index (χ1v) is 8.12. The topological polar surface area (TPSA) is 88.7 Å². The molecule has 2 rings (SSSR count). The number of alkyl halides is 3. The highest BCUT2D eigenvalue weighted by Crippen LogP contribution is 2.29. The number of rotatable bonds is 6. The molecule has 28 heavy (non-hydrogen) atoms. The fourth-order valence-electron chi connectivity index (χ4n) is 2.14. The minimum atomic E-state index is -4.84. The third kappa shape index (κ3) is 6.45. The average molecular weight is 398 g/mol. The lowest BCUT2D eigenvalue weighted by Crippen LogP contribution is -2.29. The van der Waals surface area contributed by atoms with Gasteiger partial charge in [0.15, 0.2) is 11.7 Å². The number of nitrogens with two attached hydrogens (primary N) is 1. The maximum atomic E-state index is 13.5. The number of carbonyl (C=O) groups is 1. The Morgan fingerprint density at radius 1 is 1.21 bits per heavy atom. The van der Waals surface area contributed by atoms with Crippen LogP contribution in [0, 0.1) is 12.7 Å². The van der Waals surface area contributed by atoms with Crippen molar-refractivity contribution in [2.24, 2.45) is 10.7 Å². The molecule has 4 N–H and O–H groups in total. The number of guanidine groups is 1. The number of benzene rings is 2. The molecule has 0 unspecified atom stereocenters. The molecule has 150 valence electrons. The van der Waals surface area contributed by atoms with Gasteiger partial charge in [-0.1, -0.05) is 18.2 Å². The number of aryl methyl sites for hydroxylation is 1. The summed E-state index contributed by atoms with van der Waals surface area (Å²) >= 11 is 0. The number of hydrogen-bond acceptors (Lipinski definition) is 3. The van der Waals surface area contributed by atoms with E-state index >= 15 is 0 Å². The fraction of sp³-hybridized carbons (Fsp3) is 0.222. The molecular weight excluding hydrogens is 380 g/mol. The molecule has 6 nitrogen and oxygen atoms in total. The van der Waals surface area contributed by atoms with E-state index in [0.29, 0.717) is 5.56 Å². The van der Waals surface area contributed by atoms with Crippen LogP contribution in [0.15, 0.2) is 47.5 Å². The number of nitrogens with zero attached hydrogens (tertiary/aromatic N) is 1. The summed E-state index contributed by atoms with van der Waals surface area (Å²) in [5.74, 6) is -1.58. The minimum absolute atomic E-state index is 0.0137. The van der Waals surface area contributed by atoms with Gasteiger partial charge in [0.05, 0.1) is 12.2 Å². The molecule has 0 aliphatic rings. The number of nitrogens with one attached hydrogen (secondary N) is 2. The van der Waals surface area contributed by atoms with Gasteiger partial charge in [-0.2, -0.15) is 0 Å². The van der Waals surface area contributed by atoms with E-state index in [9.17, 15) is 22.4 Å². The molecule has 0 radical (unpaired) electrons. The lowest BCUT2D eigenvalue weighted by molar-refractivity contribution is -0.274. The van der Waals surface area contributed by atoms with Crippen LogP contribution in [0.4, 0.5) is 23.2 Å². The van der Waals surface area contributed by atoms with Crippen molar-refractivity contribution in [1.82, 2.24) is 5.32 Å². The maximum Gasteiger partial charge on any atom is 0.573 e. The van der Waals surface area contributed by atoms with Gasteiger partial charge in [-0.3, -0.25) is 9.79 Å². The van der Waals surface area contributed by atoms with Crippen molar-refractivity contribution in [2.75, 3.05) is 18.4 Å². The Morgan fingerprint density at radius 2 is 1.93 bits per heavy atom. The van der Waals surface area contributed by atoms with Crippen molar-refractivity contribution in [3.05, 3.63) is 59.4 Å². The Balaban J connectivity index is 1.88. The van der Waals surface area contributed by atoms with Crippen LogP contribution in [-0.2, 0) is 0 Å². The lowest BCUT2D eigenvalue weighted by Gasteiger charge is -2.14. The van der Waals surface area contributed by atoms with Crippen molar-refractivity contribution >= 4 is 17.6 Å². The van der Waals surface area contributed by atoms with E-state index in [1.807, 2.05) is 0 Å². The quantitative estimate of drug-likeness (QED) is 0.302. The van der Waals surface area contributed by atoms with E-state index in [2.05, 4.69) is 20.4 Å². The van der Waals surface area contributed by atoms with Gasteiger partial charge in [-0.15, -0.1) is 13.2 Å². The van der Waals surface area contributed by atoms with Crippen molar-refractivity contribution in [3.63, 3.8) is 0 Å². The molecule has 0 atom stereocenters. The third-order valence-electron chi connectivity index (χ3n) is 3.49. The molecule has 0 fully saturated rings.